The van der Waals surface area contributed by atoms with Crippen LogP contribution in [0.5, 0.6) is 0 Å². The summed E-state index contributed by atoms with van der Waals surface area (Å²) in [6.07, 6.45) is 6.88. The van der Waals surface area contributed by atoms with Crippen molar-refractivity contribution in [1.29, 1.82) is 0 Å². The molecule has 1 unspecified atom stereocenters. The maximum atomic E-state index is 9.54. The maximum Gasteiger partial charge on any atom is 0.0980 e. The molecule has 0 amide bonds. The second-order valence-electron chi connectivity index (χ2n) is 2.97. The van der Waals surface area contributed by atoms with E-state index in [4.69, 9.17) is 0 Å². The Labute approximate surface area is 73.4 Å². The monoisotopic (exact) mass is 162 g/mol. The Bertz CT molecular complexity index is 279. The fourth-order valence-corrected chi connectivity index (χ4v) is 1.30. The van der Waals surface area contributed by atoms with Crippen molar-refractivity contribution in [2.24, 2.45) is 0 Å². The van der Waals surface area contributed by atoms with Gasteiger partial charge in [-0.2, -0.15) is 0 Å². The summed E-state index contributed by atoms with van der Waals surface area (Å²) in [7, 11) is 0. The second kappa shape index (κ2) is 3.55. The summed E-state index contributed by atoms with van der Waals surface area (Å²) in [5, 5.41) is 9.54. The summed E-state index contributed by atoms with van der Waals surface area (Å²) < 4.78 is 0. The van der Waals surface area contributed by atoms with Crippen molar-refractivity contribution in [3.8, 4) is 0 Å². The van der Waals surface area contributed by atoms with E-state index in [1.807, 2.05) is 32.1 Å². The molecule has 0 aliphatic heterocycles. The highest BCUT2D eigenvalue weighted by Crippen LogP contribution is 2.26. The molecule has 0 aromatic rings. The van der Waals surface area contributed by atoms with Crippen LogP contribution in [0.4, 0.5) is 0 Å². The van der Waals surface area contributed by atoms with E-state index in [2.05, 4.69) is 6.58 Å². The average molecular weight is 162 g/mol. The van der Waals surface area contributed by atoms with Crippen molar-refractivity contribution in [1.82, 2.24) is 0 Å². The Morgan fingerprint density at radius 2 is 2.17 bits per heavy atom. The van der Waals surface area contributed by atoms with Crippen molar-refractivity contribution in [2.45, 2.75) is 20.0 Å². The molecule has 1 heteroatoms. The standard InChI is InChI=1S/C11H14O/c1-4-5-6-10-9(3)8(2)7-11(10)12/h4-7,11-12H,1H2,2-3H3/b6-5-. The van der Waals surface area contributed by atoms with Crippen LogP contribution in [0.15, 0.2) is 47.6 Å². The molecule has 1 nitrogen and oxygen atoms in total. The molecule has 0 radical (unpaired) electrons. The lowest BCUT2D eigenvalue weighted by atomic mass is 10.1. The molecule has 0 bridgehead atoms. The van der Waals surface area contributed by atoms with Crippen LogP contribution < -0.4 is 0 Å². The lowest BCUT2D eigenvalue weighted by Gasteiger charge is -2.02. The minimum absolute atomic E-state index is 0.429. The molecule has 64 valence electrons. The van der Waals surface area contributed by atoms with Gasteiger partial charge in [-0.1, -0.05) is 24.8 Å². The second-order valence-corrected chi connectivity index (χ2v) is 2.97. The summed E-state index contributed by atoms with van der Waals surface area (Å²) in [6, 6.07) is 0. The van der Waals surface area contributed by atoms with E-state index in [0.29, 0.717) is 0 Å². The topological polar surface area (TPSA) is 20.2 Å². The Morgan fingerprint density at radius 1 is 1.50 bits per heavy atom. The zero-order chi connectivity index (χ0) is 9.14. The summed E-state index contributed by atoms with van der Waals surface area (Å²) >= 11 is 0. The molecule has 0 spiro atoms. The lowest BCUT2D eigenvalue weighted by Crippen LogP contribution is -2.00. The SMILES string of the molecule is C=C/C=C\C1=C(C)C(C)=CC1O. The molecule has 1 atom stereocenters. The molecular formula is C11H14O. The predicted octanol–water partition coefficient (Wildman–Crippen LogP) is 2.37. The minimum atomic E-state index is -0.429. The van der Waals surface area contributed by atoms with Gasteiger partial charge >= 0.3 is 0 Å². The third-order valence-electron chi connectivity index (χ3n) is 2.16. The fourth-order valence-electron chi connectivity index (χ4n) is 1.30. The summed E-state index contributed by atoms with van der Waals surface area (Å²) in [5.41, 5.74) is 3.30. The van der Waals surface area contributed by atoms with E-state index in [9.17, 15) is 5.11 Å². The van der Waals surface area contributed by atoms with Crippen LogP contribution in [0.2, 0.25) is 0 Å². The van der Waals surface area contributed by atoms with Gasteiger partial charge in [0.05, 0.1) is 6.10 Å². The van der Waals surface area contributed by atoms with Crippen molar-refractivity contribution in [3.63, 3.8) is 0 Å². The molecule has 1 aliphatic carbocycles. The quantitative estimate of drug-likeness (QED) is 0.618. The lowest BCUT2D eigenvalue weighted by molar-refractivity contribution is 0.265. The van der Waals surface area contributed by atoms with Crippen molar-refractivity contribution in [2.75, 3.05) is 0 Å². The smallest absolute Gasteiger partial charge is 0.0980 e. The number of allylic oxidation sites excluding steroid dienone is 4. The zero-order valence-electron chi connectivity index (χ0n) is 7.54. The van der Waals surface area contributed by atoms with E-state index in [1.54, 1.807) is 6.08 Å². The summed E-state index contributed by atoms with van der Waals surface area (Å²) in [4.78, 5) is 0. The zero-order valence-corrected chi connectivity index (χ0v) is 7.54. The van der Waals surface area contributed by atoms with Gasteiger partial charge in [-0.3, -0.25) is 0 Å². The van der Waals surface area contributed by atoms with Crippen LogP contribution in [0.25, 0.3) is 0 Å². The molecule has 1 N–H and O–H groups in total. The van der Waals surface area contributed by atoms with E-state index >= 15 is 0 Å². The Morgan fingerprint density at radius 3 is 2.58 bits per heavy atom. The van der Waals surface area contributed by atoms with Crippen molar-refractivity contribution in [3.05, 3.63) is 47.6 Å². The first kappa shape index (κ1) is 9.01. The van der Waals surface area contributed by atoms with Crippen LogP contribution in [0.1, 0.15) is 13.8 Å². The van der Waals surface area contributed by atoms with Gasteiger partial charge in [0.1, 0.15) is 0 Å². The van der Waals surface area contributed by atoms with Crippen LogP contribution >= 0.6 is 0 Å². The van der Waals surface area contributed by atoms with Gasteiger partial charge in [0, 0.05) is 0 Å². The first-order chi connectivity index (χ1) is 5.66. The fraction of sp³-hybridized carbons (Fsp3) is 0.273. The average Bonchev–Trinajstić information content (AvgIpc) is 2.25. The van der Waals surface area contributed by atoms with Crippen molar-refractivity contribution >= 4 is 0 Å². The third kappa shape index (κ3) is 1.56. The van der Waals surface area contributed by atoms with Gasteiger partial charge in [-0.25, -0.2) is 0 Å². The molecular weight excluding hydrogens is 148 g/mol. The largest absolute Gasteiger partial charge is 0.384 e. The molecule has 1 aliphatic rings. The number of rotatable bonds is 2. The van der Waals surface area contributed by atoms with E-state index in [1.165, 1.54) is 5.57 Å². The molecule has 0 saturated heterocycles. The third-order valence-corrected chi connectivity index (χ3v) is 2.16. The first-order valence-corrected chi connectivity index (χ1v) is 4.03. The molecule has 12 heavy (non-hydrogen) atoms. The Hall–Kier alpha value is -1.08. The van der Waals surface area contributed by atoms with Crippen LogP contribution in [0.3, 0.4) is 0 Å². The normalized spacial score (nSPS) is 23.6. The Balaban J connectivity index is 2.92. The first-order valence-electron chi connectivity index (χ1n) is 4.03. The summed E-state index contributed by atoms with van der Waals surface area (Å²) in [5.74, 6) is 0. The molecule has 0 aromatic heterocycles. The van der Waals surface area contributed by atoms with Gasteiger partial charge in [-0.05, 0) is 36.6 Å². The maximum absolute atomic E-state index is 9.54. The number of hydrogen-bond donors (Lipinski definition) is 1. The highest BCUT2D eigenvalue weighted by atomic mass is 16.3. The van der Waals surface area contributed by atoms with Crippen LogP contribution in [-0.4, -0.2) is 11.2 Å². The van der Waals surface area contributed by atoms with Crippen LogP contribution in [-0.2, 0) is 0 Å². The van der Waals surface area contributed by atoms with Crippen LogP contribution in [0, 0.1) is 0 Å². The predicted molar refractivity (Wildman–Crippen MR) is 51.8 cm³/mol. The van der Waals surface area contributed by atoms with E-state index < -0.39 is 6.10 Å². The number of aliphatic hydroxyl groups excluding tert-OH is 1. The number of hydrogen-bond acceptors (Lipinski definition) is 1. The van der Waals surface area contributed by atoms with Crippen molar-refractivity contribution < 1.29 is 5.11 Å². The van der Waals surface area contributed by atoms with Gasteiger partial charge in [0.25, 0.3) is 0 Å². The van der Waals surface area contributed by atoms with Gasteiger partial charge in [-0.15, -0.1) is 0 Å². The number of aliphatic hydroxyl groups is 1. The van der Waals surface area contributed by atoms with E-state index in [0.717, 1.165) is 11.1 Å². The molecule has 0 heterocycles. The minimum Gasteiger partial charge on any atom is -0.384 e. The van der Waals surface area contributed by atoms with Gasteiger partial charge < -0.3 is 5.11 Å². The van der Waals surface area contributed by atoms with Gasteiger partial charge in [0.2, 0.25) is 0 Å². The van der Waals surface area contributed by atoms with Gasteiger partial charge in [0.15, 0.2) is 0 Å². The molecule has 0 aromatic carbocycles. The molecule has 0 fully saturated rings. The molecule has 0 saturated carbocycles. The highest BCUT2D eigenvalue weighted by Gasteiger charge is 2.16. The highest BCUT2D eigenvalue weighted by molar-refractivity contribution is 5.48. The Kier molecular flexibility index (Phi) is 2.66. The molecule has 1 rings (SSSR count). The van der Waals surface area contributed by atoms with E-state index in [-0.39, 0.29) is 0 Å². The summed E-state index contributed by atoms with van der Waals surface area (Å²) in [6.45, 7) is 7.61.